The van der Waals surface area contributed by atoms with Gasteiger partial charge in [0.15, 0.2) is 11.4 Å². The number of para-hydroxylation sites is 1. The van der Waals surface area contributed by atoms with E-state index in [1.165, 1.54) is 10.7 Å². The van der Waals surface area contributed by atoms with Gasteiger partial charge in [-0.15, -0.1) is 0 Å². The number of hydrogen-bond donors (Lipinski definition) is 1. The number of aryl methyl sites for hydroxylation is 1. The van der Waals surface area contributed by atoms with E-state index in [9.17, 15) is 9.59 Å². The summed E-state index contributed by atoms with van der Waals surface area (Å²) < 4.78 is 1.17. The summed E-state index contributed by atoms with van der Waals surface area (Å²) in [5.74, 6) is -0.215. The molecule has 0 radical (unpaired) electrons. The summed E-state index contributed by atoms with van der Waals surface area (Å²) in [6.07, 6.45) is 1.62. The summed E-state index contributed by atoms with van der Waals surface area (Å²) >= 11 is 0. The van der Waals surface area contributed by atoms with Crippen LogP contribution in [-0.4, -0.2) is 26.1 Å². The molecule has 0 bridgehead atoms. The van der Waals surface area contributed by atoms with E-state index in [0.717, 1.165) is 5.56 Å². The van der Waals surface area contributed by atoms with Gasteiger partial charge in [0.2, 0.25) is 5.69 Å². The average Bonchev–Trinajstić information content (AvgIpc) is 2.98. The Labute approximate surface area is 136 Å². The lowest BCUT2D eigenvalue weighted by Gasteiger charge is -2.15. The van der Waals surface area contributed by atoms with Crippen LogP contribution in [0.2, 0.25) is 0 Å². The maximum Gasteiger partial charge on any atom is 0.281 e. The number of rotatable bonds is 1. The van der Waals surface area contributed by atoms with Crippen molar-refractivity contribution in [1.82, 2.24) is 14.6 Å². The standard InChI is InChI=1S/C17H11N5O2/c1-9-14(17(24)22-16(20-9)12(18-2)8-19-22)15-13(23)7-10-5-3-4-6-11(10)21-15/h3-6,8,19H,7H2,1H3. The molecule has 3 aromatic rings. The van der Waals surface area contributed by atoms with Gasteiger partial charge in [0, 0.05) is 12.6 Å². The molecule has 7 heteroatoms. The zero-order chi connectivity index (χ0) is 16.8. The van der Waals surface area contributed by atoms with Crippen LogP contribution in [-0.2, 0) is 11.2 Å². The molecule has 0 spiro atoms. The number of ketones is 1. The molecule has 0 atom stereocenters. The maximum atomic E-state index is 12.8. The van der Waals surface area contributed by atoms with Crippen LogP contribution < -0.4 is 5.56 Å². The number of aromatic amines is 1. The van der Waals surface area contributed by atoms with Crippen molar-refractivity contribution in [3.8, 4) is 0 Å². The van der Waals surface area contributed by atoms with Gasteiger partial charge in [-0.1, -0.05) is 18.2 Å². The molecule has 0 saturated carbocycles. The van der Waals surface area contributed by atoms with Crippen molar-refractivity contribution in [3.63, 3.8) is 0 Å². The summed E-state index contributed by atoms with van der Waals surface area (Å²) in [6.45, 7) is 8.76. The van der Waals surface area contributed by atoms with Gasteiger partial charge in [-0.25, -0.2) is 19.3 Å². The highest BCUT2D eigenvalue weighted by atomic mass is 16.1. The number of H-pyrrole nitrogens is 1. The predicted octanol–water partition coefficient (Wildman–Crippen LogP) is 2.13. The van der Waals surface area contributed by atoms with Crippen molar-refractivity contribution in [2.75, 3.05) is 0 Å². The number of Topliss-reactive ketones (excluding diaryl/α,β-unsaturated/α-hetero) is 1. The van der Waals surface area contributed by atoms with Gasteiger partial charge in [-0.3, -0.25) is 9.59 Å². The number of carbonyl (C=O) groups is 1. The topological polar surface area (TPSA) is 84.0 Å². The average molecular weight is 317 g/mol. The first-order valence-electron chi connectivity index (χ1n) is 7.28. The first kappa shape index (κ1) is 14.1. The lowest BCUT2D eigenvalue weighted by molar-refractivity contribution is -0.112. The minimum absolute atomic E-state index is 0.122. The van der Waals surface area contributed by atoms with Gasteiger partial charge >= 0.3 is 0 Å². The van der Waals surface area contributed by atoms with Crippen LogP contribution in [0.25, 0.3) is 10.5 Å². The van der Waals surface area contributed by atoms with Crippen LogP contribution in [0.15, 0.2) is 40.2 Å². The third kappa shape index (κ3) is 1.90. The van der Waals surface area contributed by atoms with Gasteiger partial charge in [0.05, 0.1) is 23.5 Å². The van der Waals surface area contributed by atoms with Crippen LogP contribution in [0.3, 0.4) is 0 Å². The Balaban J connectivity index is 2.01. The Morgan fingerprint density at radius 2 is 2.08 bits per heavy atom. The number of aliphatic imine (C=N–C) groups is 1. The van der Waals surface area contributed by atoms with Crippen LogP contribution in [0.5, 0.6) is 0 Å². The Morgan fingerprint density at radius 1 is 1.29 bits per heavy atom. The second-order valence-electron chi connectivity index (χ2n) is 5.50. The summed E-state index contributed by atoms with van der Waals surface area (Å²) in [5.41, 5.74) is 2.28. The highest BCUT2D eigenvalue weighted by molar-refractivity contribution is 6.48. The van der Waals surface area contributed by atoms with Crippen molar-refractivity contribution >= 4 is 28.5 Å². The number of benzene rings is 1. The van der Waals surface area contributed by atoms with Crippen molar-refractivity contribution in [3.05, 3.63) is 69.1 Å². The normalized spacial score (nSPS) is 13.5. The molecule has 7 nitrogen and oxygen atoms in total. The third-order valence-electron chi connectivity index (χ3n) is 4.02. The molecule has 1 aliphatic rings. The van der Waals surface area contributed by atoms with E-state index in [1.54, 1.807) is 6.92 Å². The van der Waals surface area contributed by atoms with Gasteiger partial charge in [-0.05, 0) is 18.6 Å². The van der Waals surface area contributed by atoms with Crippen LogP contribution in [0.1, 0.15) is 16.8 Å². The monoisotopic (exact) mass is 317 g/mol. The van der Waals surface area contributed by atoms with E-state index < -0.39 is 5.56 Å². The fraction of sp³-hybridized carbons (Fsp3) is 0.118. The number of carbonyl (C=O) groups excluding carboxylic acids is 1. The molecule has 0 fully saturated rings. The minimum atomic E-state index is -0.432. The van der Waals surface area contributed by atoms with Crippen LogP contribution >= 0.6 is 0 Å². The van der Waals surface area contributed by atoms with Gasteiger partial charge in [0.25, 0.3) is 5.56 Å². The summed E-state index contributed by atoms with van der Waals surface area (Å²) in [4.78, 5) is 37.3. The lowest BCUT2D eigenvalue weighted by atomic mass is 9.96. The Hall–Kier alpha value is -3.53. The maximum absolute atomic E-state index is 12.8. The fourth-order valence-electron chi connectivity index (χ4n) is 2.87. The van der Waals surface area contributed by atoms with Crippen molar-refractivity contribution in [2.24, 2.45) is 4.99 Å². The molecular formula is C17H11N5O2. The SMILES string of the molecule is [C-]#[N+]c1c[nH]n2c(=O)c(C3=Nc4ccccc4CC3=O)c(C)nc12. The van der Waals surface area contributed by atoms with Gasteiger partial charge in [-0.2, -0.15) is 0 Å². The smallest absolute Gasteiger partial charge is 0.281 e. The van der Waals surface area contributed by atoms with Crippen molar-refractivity contribution < 1.29 is 4.79 Å². The number of fused-ring (bicyclic) bond motifs is 2. The Morgan fingerprint density at radius 3 is 2.88 bits per heavy atom. The molecule has 0 amide bonds. The van der Waals surface area contributed by atoms with E-state index in [2.05, 4.69) is 19.9 Å². The molecule has 1 aromatic carbocycles. The zero-order valence-electron chi connectivity index (χ0n) is 12.7. The summed E-state index contributed by atoms with van der Waals surface area (Å²) in [7, 11) is 0. The highest BCUT2D eigenvalue weighted by Crippen LogP contribution is 2.26. The zero-order valence-corrected chi connectivity index (χ0v) is 12.7. The molecule has 0 aliphatic carbocycles. The van der Waals surface area contributed by atoms with Gasteiger partial charge in [0.1, 0.15) is 5.71 Å². The highest BCUT2D eigenvalue weighted by Gasteiger charge is 2.27. The second-order valence-corrected chi connectivity index (χ2v) is 5.50. The number of nitrogens with zero attached hydrogens (tertiary/aromatic N) is 4. The molecule has 1 aliphatic heterocycles. The van der Waals surface area contributed by atoms with Crippen LogP contribution in [0, 0.1) is 13.5 Å². The molecular weight excluding hydrogens is 306 g/mol. The molecule has 4 rings (SSSR count). The minimum Gasteiger partial charge on any atom is -0.308 e. The first-order valence-corrected chi connectivity index (χ1v) is 7.28. The fourth-order valence-corrected chi connectivity index (χ4v) is 2.87. The molecule has 1 N–H and O–H groups in total. The molecule has 0 unspecified atom stereocenters. The molecule has 2 aromatic heterocycles. The first-order chi connectivity index (χ1) is 11.6. The van der Waals surface area contributed by atoms with E-state index in [1.807, 2.05) is 24.3 Å². The second kappa shape index (κ2) is 4.99. The number of hydrogen-bond acceptors (Lipinski definition) is 4. The Kier molecular flexibility index (Phi) is 2.93. The molecule has 3 heterocycles. The van der Waals surface area contributed by atoms with Crippen molar-refractivity contribution in [1.29, 1.82) is 0 Å². The largest absolute Gasteiger partial charge is 0.308 e. The number of aromatic nitrogens is 3. The van der Waals surface area contributed by atoms with E-state index >= 15 is 0 Å². The van der Waals surface area contributed by atoms with E-state index in [-0.39, 0.29) is 34.8 Å². The quantitative estimate of drug-likeness (QED) is 0.698. The summed E-state index contributed by atoms with van der Waals surface area (Å²) in [6, 6.07) is 7.35. The van der Waals surface area contributed by atoms with E-state index in [4.69, 9.17) is 6.57 Å². The van der Waals surface area contributed by atoms with Crippen molar-refractivity contribution in [2.45, 2.75) is 13.3 Å². The molecule has 116 valence electrons. The third-order valence-corrected chi connectivity index (χ3v) is 4.02. The summed E-state index contributed by atoms with van der Waals surface area (Å²) in [5, 5.41) is 2.71. The molecule has 0 saturated heterocycles. The molecule has 24 heavy (non-hydrogen) atoms. The lowest BCUT2D eigenvalue weighted by Crippen LogP contribution is -2.31. The number of nitrogens with one attached hydrogen (secondary N) is 1. The van der Waals surface area contributed by atoms with Crippen LogP contribution in [0.4, 0.5) is 11.4 Å². The Bertz CT molecular complexity index is 1140. The van der Waals surface area contributed by atoms with Gasteiger partial charge < -0.3 is 5.10 Å². The predicted molar refractivity (Wildman–Crippen MR) is 88.2 cm³/mol. The van der Waals surface area contributed by atoms with E-state index in [0.29, 0.717) is 11.4 Å².